The molecule has 3 N–H and O–H groups in total. The number of nitrogens with two attached hydrogens (primary N) is 1. The van der Waals surface area contributed by atoms with Gasteiger partial charge in [-0.15, -0.1) is 7.05 Å². The maximum absolute atomic E-state index is 10.9. The van der Waals surface area contributed by atoms with Gasteiger partial charge in [-0.05, 0) is 13.8 Å². The Bertz CT molecular complexity index is 332. The molecule has 0 saturated heterocycles. The summed E-state index contributed by atoms with van der Waals surface area (Å²) in [5, 5.41) is 10.5. The summed E-state index contributed by atoms with van der Waals surface area (Å²) in [6.07, 6.45) is 3.11. The molecule has 0 spiro atoms. The fourth-order valence-corrected chi connectivity index (χ4v) is 0.862. The molecule has 0 bridgehead atoms. The lowest BCUT2D eigenvalue weighted by Crippen LogP contribution is -2.69. The van der Waals surface area contributed by atoms with Crippen molar-refractivity contribution in [1.82, 2.24) is 9.97 Å². The Kier molecular flexibility index (Phi) is 2.81. The highest BCUT2D eigenvalue weighted by molar-refractivity contribution is 5.78. The van der Waals surface area contributed by atoms with Crippen molar-refractivity contribution in [2.24, 2.45) is 0 Å². The molecule has 1 aromatic rings. The number of hydrogen-bond acceptors (Lipinski definition) is 3. The summed E-state index contributed by atoms with van der Waals surface area (Å²) >= 11 is 0. The van der Waals surface area contributed by atoms with E-state index >= 15 is 0 Å². The van der Waals surface area contributed by atoms with Crippen LogP contribution < -0.4 is 5.32 Å². The summed E-state index contributed by atoms with van der Waals surface area (Å²) in [6.45, 7) is 3.14. The van der Waals surface area contributed by atoms with Gasteiger partial charge in [0.05, 0.1) is 12.4 Å². The average molecular weight is 195 g/mol. The molecule has 0 atom stereocenters. The summed E-state index contributed by atoms with van der Waals surface area (Å²) in [6, 6.07) is 0. The minimum atomic E-state index is -1.06. The molecular weight excluding hydrogens is 182 g/mol. The minimum Gasteiger partial charge on any atom is -0.481 e. The van der Waals surface area contributed by atoms with Crippen molar-refractivity contribution in [3.8, 4) is 0 Å². The van der Waals surface area contributed by atoms with Crippen LogP contribution in [-0.2, 0) is 10.2 Å². The Balaban J connectivity index is 3.02. The zero-order valence-electron chi connectivity index (χ0n) is 8.19. The molecule has 0 aliphatic heterocycles. The molecule has 1 heterocycles. The Labute approximate surface area is 82.2 Å². The highest BCUT2D eigenvalue weighted by atomic mass is 16.4. The highest BCUT2D eigenvalue weighted by Gasteiger charge is 2.32. The smallest absolute Gasteiger partial charge is 0.316 e. The highest BCUT2D eigenvalue weighted by Crippen LogP contribution is 2.18. The van der Waals surface area contributed by atoms with E-state index in [9.17, 15) is 4.79 Å². The summed E-state index contributed by atoms with van der Waals surface area (Å²) in [7, 11) is 3.56. The van der Waals surface area contributed by atoms with E-state index in [0.717, 1.165) is 5.69 Å². The van der Waals surface area contributed by atoms with Gasteiger partial charge in [0.25, 0.3) is 0 Å². The number of aromatic nitrogens is 2. The van der Waals surface area contributed by atoms with Crippen LogP contribution in [-0.4, -0.2) is 21.0 Å². The van der Waals surface area contributed by atoms with Crippen LogP contribution in [0, 0.1) is 7.05 Å². The number of carboxylic acid groups (broad SMARTS) is 1. The van der Waals surface area contributed by atoms with Crippen LogP contribution in [0.1, 0.15) is 19.7 Å². The SMILES string of the molecule is [CH2-][NH2+]c1cnc(C(C)(C)C(=O)O)nc1. The Morgan fingerprint density at radius 2 is 2.00 bits per heavy atom. The van der Waals surface area contributed by atoms with E-state index in [4.69, 9.17) is 5.11 Å². The second-order valence-electron chi connectivity index (χ2n) is 3.47. The number of nitrogens with zero attached hydrogens (tertiary/aromatic N) is 2. The Morgan fingerprint density at radius 1 is 1.50 bits per heavy atom. The quantitative estimate of drug-likeness (QED) is 0.656. The third kappa shape index (κ3) is 1.88. The van der Waals surface area contributed by atoms with Crippen molar-refractivity contribution in [2.45, 2.75) is 19.3 Å². The molecule has 0 radical (unpaired) electrons. The van der Waals surface area contributed by atoms with Crippen LogP contribution in [0.3, 0.4) is 0 Å². The lowest BCUT2D eigenvalue weighted by Gasteiger charge is -2.16. The average Bonchev–Trinajstić information content (AvgIpc) is 2.17. The van der Waals surface area contributed by atoms with Gasteiger partial charge < -0.3 is 10.4 Å². The molecule has 0 amide bonds. The van der Waals surface area contributed by atoms with E-state index in [1.54, 1.807) is 31.6 Å². The molecular formula is C9H13N3O2. The van der Waals surface area contributed by atoms with Crippen LogP contribution in [0.25, 0.3) is 0 Å². The first-order chi connectivity index (χ1) is 6.48. The van der Waals surface area contributed by atoms with E-state index in [1.807, 2.05) is 0 Å². The molecule has 0 saturated carbocycles. The van der Waals surface area contributed by atoms with Crippen molar-refractivity contribution in [3.05, 3.63) is 25.3 Å². The first-order valence-electron chi connectivity index (χ1n) is 4.17. The van der Waals surface area contributed by atoms with Gasteiger partial charge in [-0.25, -0.2) is 9.97 Å². The van der Waals surface area contributed by atoms with Gasteiger partial charge in [-0.2, -0.15) is 0 Å². The molecule has 5 heteroatoms. The predicted octanol–water partition coefficient (Wildman–Crippen LogP) is -0.175. The van der Waals surface area contributed by atoms with E-state index in [2.05, 4.69) is 17.0 Å². The number of carboxylic acids is 1. The number of aliphatic carboxylic acids is 1. The largest absolute Gasteiger partial charge is 0.481 e. The number of hydrogen-bond donors (Lipinski definition) is 2. The van der Waals surface area contributed by atoms with Crippen LogP contribution in [0.5, 0.6) is 0 Å². The third-order valence-electron chi connectivity index (χ3n) is 2.00. The topological polar surface area (TPSA) is 79.7 Å². The Hall–Kier alpha value is -1.49. The lowest BCUT2D eigenvalue weighted by atomic mass is 9.93. The van der Waals surface area contributed by atoms with E-state index in [1.165, 1.54) is 0 Å². The van der Waals surface area contributed by atoms with Crippen molar-refractivity contribution in [2.75, 3.05) is 0 Å². The molecule has 0 aliphatic rings. The minimum absolute atomic E-state index is 0.301. The molecule has 0 aromatic carbocycles. The molecule has 5 nitrogen and oxygen atoms in total. The molecule has 1 aromatic heterocycles. The number of quaternary nitrogens is 1. The van der Waals surface area contributed by atoms with Gasteiger partial charge in [0.2, 0.25) is 0 Å². The van der Waals surface area contributed by atoms with Crippen LogP contribution >= 0.6 is 0 Å². The lowest BCUT2D eigenvalue weighted by molar-refractivity contribution is -0.505. The van der Waals surface area contributed by atoms with Gasteiger partial charge >= 0.3 is 5.97 Å². The molecule has 0 fully saturated rings. The van der Waals surface area contributed by atoms with Crippen molar-refractivity contribution >= 4 is 11.7 Å². The van der Waals surface area contributed by atoms with Gasteiger partial charge in [-0.3, -0.25) is 4.79 Å². The molecule has 0 unspecified atom stereocenters. The van der Waals surface area contributed by atoms with Crippen LogP contribution in [0.4, 0.5) is 5.69 Å². The zero-order valence-corrected chi connectivity index (χ0v) is 8.19. The Morgan fingerprint density at radius 3 is 2.36 bits per heavy atom. The predicted molar refractivity (Wildman–Crippen MR) is 49.6 cm³/mol. The summed E-state index contributed by atoms with van der Waals surface area (Å²) in [4.78, 5) is 18.8. The van der Waals surface area contributed by atoms with Gasteiger partial charge in [-0.1, -0.05) is 0 Å². The fraction of sp³-hybridized carbons (Fsp3) is 0.333. The van der Waals surface area contributed by atoms with E-state index in [-0.39, 0.29) is 0 Å². The van der Waals surface area contributed by atoms with E-state index < -0.39 is 11.4 Å². The van der Waals surface area contributed by atoms with Crippen LogP contribution in [0.2, 0.25) is 0 Å². The summed E-state index contributed by atoms with van der Waals surface area (Å²) < 4.78 is 0. The van der Waals surface area contributed by atoms with Crippen molar-refractivity contribution < 1.29 is 15.2 Å². The summed E-state index contributed by atoms with van der Waals surface area (Å²) in [5.41, 5.74) is -0.283. The second-order valence-corrected chi connectivity index (χ2v) is 3.47. The maximum atomic E-state index is 10.9. The second kappa shape index (κ2) is 3.71. The molecule has 0 aliphatic carbocycles. The molecule has 14 heavy (non-hydrogen) atoms. The van der Waals surface area contributed by atoms with Gasteiger partial charge in [0, 0.05) is 0 Å². The normalized spacial score (nSPS) is 11.4. The fourth-order valence-electron chi connectivity index (χ4n) is 0.862. The monoisotopic (exact) mass is 195 g/mol. The molecule has 1 rings (SSSR count). The summed E-state index contributed by atoms with van der Waals surface area (Å²) in [5.74, 6) is -0.639. The van der Waals surface area contributed by atoms with Crippen molar-refractivity contribution in [1.29, 1.82) is 0 Å². The van der Waals surface area contributed by atoms with E-state index in [0.29, 0.717) is 5.82 Å². The molecule has 76 valence electrons. The zero-order chi connectivity index (χ0) is 10.8. The first-order valence-corrected chi connectivity index (χ1v) is 4.17. The standard InChI is InChI=1S/C9H13N3O2/c1-9(2,8(13)14)7-11-4-6(10-3)5-12-7/h4-5H,3,10H2,1-2H3,(H,13,14). The number of carbonyl (C=O) groups is 1. The number of rotatable bonds is 3. The third-order valence-corrected chi connectivity index (χ3v) is 2.00. The van der Waals surface area contributed by atoms with Crippen LogP contribution in [0.15, 0.2) is 12.4 Å². The first kappa shape index (κ1) is 10.6. The van der Waals surface area contributed by atoms with Gasteiger partial charge in [0.15, 0.2) is 0 Å². The maximum Gasteiger partial charge on any atom is 0.316 e. The van der Waals surface area contributed by atoms with Crippen molar-refractivity contribution in [3.63, 3.8) is 0 Å². The van der Waals surface area contributed by atoms with Gasteiger partial charge in [0.1, 0.15) is 16.9 Å².